The SMILES string of the molecule is NCc1cc2ccccc2n1CC1CCC1. The number of benzene rings is 1. The fourth-order valence-electron chi connectivity index (χ4n) is 2.59. The summed E-state index contributed by atoms with van der Waals surface area (Å²) in [7, 11) is 0. The van der Waals surface area contributed by atoms with Gasteiger partial charge in [0.05, 0.1) is 0 Å². The molecule has 0 radical (unpaired) electrons. The zero-order valence-electron chi connectivity index (χ0n) is 9.52. The van der Waals surface area contributed by atoms with Crippen LogP contribution in [0.2, 0.25) is 0 Å². The largest absolute Gasteiger partial charge is 0.343 e. The van der Waals surface area contributed by atoms with Crippen LogP contribution >= 0.6 is 0 Å². The van der Waals surface area contributed by atoms with Gasteiger partial charge >= 0.3 is 0 Å². The van der Waals surface area contributed by atoms with Crippen molar-refractivity contribution in [3.05, 3.63) is 36.0 Å². The molecule has 0 saturated heterocycles. The molecule has 0 spiro atoms. The first-order valence-electron chi connectivity index (χ1n) is 6.15. The predicted molar refractivity (Wildman–Crippen MR) is 67.2 cm³/mol. The number of hydrogen-bond donors (Lipinski definition) is 1. The molecular formula is C14H18N2. The van der Waals surface area contributed by atoms with E-state index in [0.717, 1.165) is 12.5 Å². The Balaban J connectivity index is 2.04. The summed E-state index contributed by atoms with van der Waals surface area (Å²) in [5, 5.41) is 1.32. The fraction of sp³-hybridized carbons (Fsp3) is 0.429. The highest BCUT2D eigenvalue weighted by molar-refractivity contribution is 5.81. The van der Waals surface area contributed by atoms with Gasteiger partial charge in [-0.2, -0.15) is 0 Å². The Morgan fingerprint density at radius 3 is 2.75 bits per heavy atom. The van der Waals surface area contributed by atoms with Crippen molar-refractivity contribution in [2.24, 2.45) is 11.7 Å². The Kier molecular flexibility index (Phi) is 2.44. The number of hydrogen-bond acceptors (Lipinski definition) is 1. The number of nitrogens with two attached hydrogens (primary N) is 1. The van der Waals surface area contributed by atoms with Gasteiger partial charge in [0.15, 0.2) is 0 Å². The first-order valence-corrected chi connectivity index (χ1v) is 6.15. The summed E-state index contributed by atoms with van der Waals surface area (Å²) < 4.78 is 2.42. The molecule has 1 heterocycles. The van der Waals surface area contributed by atoms with Crippen LogP contribution in [-0.2, 0) is 13.1 Å². The zero-order valence-corrected chi connectivity index (χ0v) is 9.52. The van der Waals surface area contributed by atoms with Crippen LogP contribution < -0.4 is 5.73 Å². The second-order valence-electron chi connectivity index (χ2n) is 4.81. The highest BCUT2D eigenvalue weighted by Gasteiger charge is 2.19. The van der Waals surface area contributed by atoms with Crippen molar-refractivity contribution in [2.75, 3.05) is 0 Å². The normalized spacial score (nSPS) is 16.6. The van der Waals surface area contributed by atoms with Crippen molar-refractivity contribution in [3.63, 3.8) is 0 Å². The Morgan fingerprint density at radius 2 is 2.06 bits per heavy atom. The molecule has 2 nitrogen and oxygen atoms in total. The van der Waals surface area contributed by atoms with E-state index in [1.165, 1.54) is 35.9 Å². The lowest BCUT2D eigenvalue weighted by Crippen LogP contribution is -2.20. The van der Waals surface area contributed by atoms with Gasteiger partial charge in [-0.25, -0.2) is 0 Å². The van der Waals surface area contributed by atoms with Crippen LogP contribution in [0.15, 0.2) is 30.3 Å². The molecule has 0 atom stereocenters. The van der Waals surface area contributed by atoms with E-state index >= 15 is 0 Å². The second-order valence-corrected chi connectivity index (χ2v) is 4.81. The Bertz CT molecular complexity index is 494. The van der Waals surface area contributed by atoms with Crippen LogP contribution in [0.1, 0.15) is 25.0 Å². The van der Waals surface area contributed by atoms with E-state index in [2.05, 4.69) is 34.9 Å². The van der Waals surface area contributed by atoms with Crippen LogP contribution in [0.5, 0.6) is 0 Å². The van der Waals surface area contributed by atoms with E-state index in [1.54, 1.807) is 0 Å². The molecule has 1 fully saturated rings. The monoisotopic (exact) mass is 214 g/mol. The van der Waals surface area contributed by atoms with Crippen LogP contribution in [0.25, 0.3) is 10.9 Å². The molecule has 0 bridgehead atoms. The first kappa shape index (κ1) is 9.91. The van der Waals surface area contributed by atoms with E-state index < -0.39 is 0 Å². The molecule has 1 saturated carbocycles. The van der Waals surface area contributed by atoms with Crippen molar-refractivity contribution in [2.45, 2.75) is 32.4 Å². The lowest BCUT2D eigenvalue weighted by Gasteiger charge is -2.27. The molecule has 2 aromatic rings. The second kappa shape index (κ2) is 3.95. The smallest absolute Gasteiger partial charge is 0.0483 e. The van der Waals surface area contributed by atoms with Crippen molar-refractivity contribution >= 4 is 10.9 Å². The van der Waals surface area contributed by atoms with Crippen molar-refractivity contribution < 1.29 is 0 Å². The highest BCUT2D eigenvalue weighted by Crippen LogP contribution is 2.30. The summed E-state index contributed by atoms with van der Waals surface area (Å²) >= 11 is 0. The molecular weight excluding hydrogens is 196 g/mol. The molecule has 2 heteroatoms. The summed E-state index contributed by atoms with van der Waals surface area (Å²) in [6.45, 7) is 1.79. The minimum absolute atomic E-state index is 0.640. The average Bonchev–Trinajstić information content (AvgIpc) is 2.61. The van der Waals surface area contributed by atoms with Gasteiger partial charge in [0, 0.05) is 24.3 Å². The van der Waals surface area contributed by atoms with Gasteiger partial charge in [-0.15, -0.1) is 0 Å². The molecule has 84 valence electrons. The third-order valence-corrected chi connectivity index (χ3v) is 3.77. The summed E-state index contributed by atoms with van der Waals surface area (Å²) in [6, 6.07) is 10.8. The maximum absolute atomic E-state index is 5.83. The molecule has 2 N–H and O–H groups in total. The van der Waals surface area contributed by atoms with Gasteiger partial charge < -0.3 is 10.3 Å². The fourth-order valence-corrected chi connectivity index (χ4v) is 2.59. The molecule has 0 aliphatic heterocycles. The molecule has 1 aromatic carbocycles. The third-order valence-electron chi connectivity index (χ3n) is 3.77. The van der Waals surface area contributed by atoms with Gasteiger partial charge in [-0.3, -0.25) is 0 Å². The van der Waals surface area contributed by atoms with E-state index in [4.69, 9.17) is 5.73 Å². The number of nitrogens with zero attached hydrogens (tertiary/aromatic N) is 1. The van der Waals surface area contributed by atoms with Gasteiger partial charge in [-0.05, 0) is 36.3 Å². The molecule has 16 heavy (non-hydrogen) atoms. The van der Waals surface area contributed by atoms with Crippen molar-refractivity contribution in [3.8, 4) is 0 Å². The number of para-hydroxylation sites is 1. The van der Waals surface area contributed by atoms with Crippen LogP contribution in [0.3, 0.4) is 0 Å². The molecule has 0 amide bonds. The van der Waals surface area contributed by atoms with Gasteiger partial charge in [-0.1, -0.05) is 24.6 Å². The number of fused-ring (bicyclic) bond motifs is 1. The van der Waals surface area contributed by atoms with Crippen molar-refractivity contribution in [1.29, 1.82) is 0 Å². The molecule has 3 rings (SSSR count). The molecule has 1 aliphatic carbocycles. The van der Waals surface area contributed by atoms with E-state index in [0.29, 0.717) is 6.54 Å². The number of rotatable bonds is 3. The van der Waals surface area contributed by atoms with Crippen LogP contribution in [-0.4, -0.2) is 4.57 Å². The van der Waals surface area contributed by atoms with Gasteiger partial charge in [0.1, 0.15) is 0 Å². The van der Waals surface area contributed by atoms with Crippen LogP contribution in [0.4, 0.5) is 0 Å². The van der Waals surface area contributed by atoms with E-state index in [-0.39, 0.29) is 0 Å². The summed E-state index contributed by atoms with van der Waals surface area (Å²) in [4.78, 5) is 0. The lowest BCUT2D eigenvalue weighted by molar-refractivity contribution is 0.277. The zero-order chi connectivity index (χ0) is 11.0. The lowest BCUT2D eigenvalue weighted by atomic mass is 9.85. The Hall–Kier alpha value is -1.28. The maximum Gasteiger partial charge on any atom is 0.0483 e. The van der Waals surface area contributed by atoms with E-state index in [9.17, 15) is 0 Å². The number of aromatic nitrogens is 1. The molecule has 1 aromatic heterocycles. The quantitative estimate of drug-likeness (QED) is 0.836. The topological polar surface area (TPSA) is 30.9 Å². The predicted octanol–water partition coefficient (Wildman–Crippen LogP) is 2.90. The van der Waals surface area contributed by atoms with Crippen LogP contribution in [0, 0.1) is 5.92 Å². The average molecular weight is 214 g/mol. The third kappa shape index (κ3) is 1.54. The Labute approximate surface area is 96.1 Å². The summed E-state index contributed by atoms with van der Waals surface area (Å²) in [5.41, 5.74) is 8.44. The van der Waals surface area contributed by atoms with Gasteiger partial charge in [0.2, 0.25) is 0 Å². The Morgan fingerprint density at radius 1 is 1.25 bits per heavy atom. The minimum Gasteiger partial charge on any atom is -0.343 e. The van der Waals surface area contributed by atoms with Gasteiger partial charge in [0.25, 0.3) is 0 Å². The first-order chi connectivity index (χ1) is 7.88. The molecule has 1 aliphatic rings. The summed E-state index contributed by atoms with van der Waals surface area (Å²) in [5.74, 6) is 0.876. The van der Waals surface area contributed by atoms with Crippen molar-refractivity contribution in [1.82, 2.24) is 4.57 Å². The summed E-state index contributed by atoms with van der Waals surface area (Å²) in [6.07, 6.45) is 4.18. The molecule has 0 unspecified atom stereocenters. The standard InChI is InChI=1S/C14H18N2/c15-9-13-8-12-6-1-2-7-14(12)16(13)10-11-4-3-5-11/h1-2,6-8,11H,3-5,9-10,15H2. The maximum atomic E-state index is 5.83. The minimum atomic E-state index is 0.640. The highest BCUT2D eigenvalue weighted by atomic mass is 15.0. The van der Waals surface area contributed by atoms with E-state index in [1.807, 2.05) is 0 Å².